The topological polar surface area (TPSA) is 101 Å². The van der Waals surface area contributed by atoms with E-state index in [2.05, 4.69) is 15.1 Å². The molecule has 0 aromatic heterocycles. The van der Waals surface area contributed by atoms with E-state index >= 15 is 0 Å². The average Bonchev–Trinajstić information content (AvgIpc) is 3.65. The smallest absolute Gasteiger partial charge is 0.303 e. The minimum Gasteiger partial charge on any atom is -0.453 e. The van der Waals surface area contributed by atoms with Crippen molar-refractivity contribution >= 4 is 17.6 Å². The number of aliphatic hydroxyl groups is 1. The summed E-state index contributed by atoms with van der Waals surface area (Å²) in [5.41, 5.74) is 3.41. The molecule has 1 amide bonds. The van der Waals surface area contributed by atoms with Gasteiger partial charge in [-0.3, -0.25) is 14.5 Å². The zero-order valence-electron chi connectivity index (χ0n) is 24.2. The van der Waals surface area contributed by atoms with Crippen LogP contribution in [0.5, 0.6) is 0 Å². The van der Waals surface area contributed by atoms with Crippen LogP contribution in [-0.2, 0) is 30.4 Å². The van der Waals surface area contributed by atoms with Crippen LogP contribution in [0.1, 0.15) is 75.0 Å². The van der Waals surface area contributed by atoms with E-state index in [0.717, 1.165) is 42.7 Å². The number of benzene rings is 2. The van der Waals surface area contributed by atoms with E-state index in [1.807, 2.05) is 48.5 Å². The molecule has 0 saturated carbocycles. The Morgan fingerprint density at radius 1 is 0.976 bits per heavy atom. The molecule has 3 saturated heterocycles. The molecule has 0 radical (unpaired) electrons. The van der Waals surface area contributed by atoms with Gasteiger partial charge in [-0.25, -0.2) is 0 Å². The predicted molar refractivity (Wildman–Crippen MR) is 155 cm³/mol. The number of amides is 1. The summed E-state index contributed by atoms with van der Waals surface area (Å²) in [6.07, 6.45) is 4.25. The first-order valence-electron chi connectivity index (χ1n) is 14.9. The Labute approximate surface area is 242 Å². The third-order valence-corrected chi connectivity index (χ3v) is 8.38. The molecule has 222 valence electrons. The molecule has 5 rings (SSSR count). The molecule has 0 bridgehead atoms. The molecule has 2 aromatic carbocycles. The third-order valence-electron chi connectivity index (χ3n) is 8.38. The maximum Gasteiger partial charge on any atom is 0.303 e. The Hall–Kier alpha value is -2.82. The zero-order valence-corrected chi connectivity index (χ0v) is 24.2. The van der Waals surface area contributed by atoms with Gasteiger partial charge in [0.05, 0.1) is 18.8 Å². The van der Waals surface area contributed by atoms with E-state index in [-0.39, 0.29) is 18.8 Å². The van der Waals surface area contributed by atoms with Gasteiger partial charge >= 0.3 is 5.97 Å². The maximum absolute atomic E-state index is 12.4. The number of carbonyl (C=O) groups excluding carboxylic acids is 2. The maximum atomic E-state index is 12.4. The number of anilines is 1. The fourth-order valence-corrected chi connectivity index (χ4v) is 6.17. The summed E-state index contributed by atoms with van der Waals surface area (Å²) in [5.74, 6) is -0.889. The third kappa shape index (κ3) is 7.93. The van der Waals surface area contributed by atoms with E-state index in [9.17, 15) is 14.7 Å². The molecule has 2 aromatic rings. The van der Waals surface area contributed by atoms with Gasteiger partial charge in [-0.1, -0.05) is 36.4 Å². The summed E-state index contributed by atoms with van der Waals surface area (Å²) >= 11 is 0. The van der Waals surface area contributed by atoms with Crippen LogP contribution >= 0.6 is 0 Å². The van der Waals surface area contributed by atoms with Crippen LogP contribution < -0.4 is 5.32 Å². The number of likely N-dealkylation sites (tertiary alicyclic amines) is 2. The van der Waals surface area contributed by atoms with Crippen LogP contribution in [0, 0.1) is 0 Å². The number of ether oxygens (including phenoxy) is 3. The SMILES string of the molecule is CC(=O)O[C@@H](C)C(=O)Nc1ccc([C@H]2O[C@@H](CN3CCC[C@H]3CN3CCCC3)C[C@@H](c3ccc(CO)cc3)O2)cc1. The Bertz CT molecular complexity index is 1150. The van der Waals surface area contributed by atoms with Crippen LogP contribution in [0.4, 0.5) is 5.69 Å². The lowest BCUT2D eigenvalue weighted by Crippen LogP contribution is -2.45. The predicted octanol–water partition coefficient (Wildman–Crippen LogP) is 4.17. The van der Waals surface area contributed by atoms with Gasteiger partial charge in [0.2, 0.25) is 0 Å². The highest BCUT2D eigenvalue weighted by Gasteiger charge is 2.36. The molecule has 3 fully saturated rings. The monoisotopic (exact) mass is 565 g/mol. The Kier molecular flexibility index (Phi) is 10.1. The summed E-state index contributed by atoms with van der Waals surface area (Å²) in [7, 11) is 0. The van der Waals surface area contributed by atoms with E-state index < -0.39 is 24.3 Å². The molecule has 5 atom stereocenters. The molecule has 9 heteroatoms. The number of hydrogen-bond donors (Lipinski definition) is 2. The highest BCUT2D eigenvalue weighted by molar-refractivity contribution is 5.94. The minimum atomic E-state index is -0.879. The van der Waals surface area contributed by atoms with Crippen molar-refractivity contribution in [2.45, 2.75) is 83.2 Å². The number of aliphatic hydroxyl groups excluding tert-OH is 1. The van der Waals surface area contributed by atoms with Gasteiger partial charge in [-0.2, -0.15) is 0 Å². The number of nitrogens with one attached hydrogen (secondary N) is 1. The van der Waals surface area contributed by atoms with Crippen LogP contribution in [-0.4, -0.2) is 77.8 Å². The highest BCUT2D eigenvalue weighted by Crippen LogP contribution is 2.39. The van der Waals surface area contributed by atoms with Gasteiger partial charge in [0.15, 0.2) is 12.4 Å². The molecule has 0 unspecified atom stereocenters. The van der Waals surface area contributed by atoms with Gasteiger partial charge in [0.25, 0.3) is 5.91 Å². The van der Waals surface area contributed by atoms with Crippen molar-refractivity contribution in [2.24, 2.45) is 0 Å². The van der Waals surface area contributed by atoms with Crippen molar-refractivity contribution in [3.8, 4) is 0 Å². The molecular weight excluding hydrogens is 522 g/mol. The average molecular weight is 566 g/mol. The first kappa shape index (κ1) is 29.7. The fraction of sp³-hybridized carbons (Fsp3) is 0.562. The molecule has 0 aliphatic carbocycles. The van der Waals surface area contributed by atoms with Crippen molar-refractivity contribution in [3.63, 3.8) is 0 Å². The number of hydrogen-bond acceptors (Lipinski definition) is 8. The molecule has 41 heavy (non-hydrogen) atoms. The summed E-state index contributed by atoms with van der Waals surface area (Å²) in [6, 6.07) is 15.9. The van der Waals surface area contributed by atoms with Crippen LogP contribution in [0.25, 0.3) is 0 Å². The van der Waals surface area contributed by atoms with Crippen molar-refractivity contribution in [3.05, 3.63) is 65.2 Å². The zero-order chi connectivity index (χ0) is 28.8. The lowest BCUT2D eigenvalue weighted by molar-refractivity contribution is -0.253. The number of carbonyl (C=O) groups is 2. The first-order chi connectivity index (χ1) is 19.9. The van der Waals surface area contributed by atoms with Crippen molar-refractivity contribution in [2.75, 3.05) is 38.0 Å². The van der Waals surface area contributed by atoms with Gasteiger partial charge in [-0.15, -0.1) is 0 Å². The fourth-order valence-electron chi connectivity index (χ4n) is 6.17. The molecule has 0 spiro atoms. The van der Waals surface area contributed by atoms with E-state index in [1.54, 1.807) is 0 Å². The minimum absolute atomic E-state index is 0.000551. The van der Waals surface area contributed by atoms with Gasteiger partial charge in [-0.05, 0) is 75.5 Å². The van der Waals surface area contributed by atoms with Gasteiger partial charge < -0.3 is 29.5 Å². The summed E-state index contributed by atoms with van der Waals surface area (Å²) in [5, 5.41) is 12.3. The van der Waals surface area contributed by atoms with E-state index in [1.165, 1.54) is 52.6 Å². The summed E-state index contributed by atoms with van der Waals surface area (Å²) in [4.78, 5) is 28.8. The summed E-state index contributed by atoms with van der Waals surface area (Å²) in [6.45, 7) is 8.36. The Morgan fingerprint density at radius 3 is 2.37 bits per heavy atom. The standard InChI is InChI=1S/C32H43N3O6/c1-22(39-23(2)37)31(38)33-27-13-11-26(12-14-27)32-40-29(18-30(41-32)25-9-7-24(21-36)8-10-25)20-35-17-5-6-28(35)19-34-15-3-4-16-34/h7-14,22,28-30,32,36H,3-6,15-21H2,1-2H3,(H,33,38)/t22-,28-,29+,30-,32-/m0/s1. The van der Waals surface area contributed by atoms with Gasteiger partial charge in [0.1, 0.15) is 0 Å². The molecule has 2 N–H and O–H groups in total. The first-order valence-corrected chi connectivity index (χ1v) is 14.9. The largest absolute Gasteiger partial charge is 0.453 e. The lowest BCUT2D eigenvalue weighted by Gasteiger charge is -2.39. The number of esters is 1. The molecular formula is C32H43N3O6. The molecule has 9 nitrogen and oxygen atoms in total. The van der Waals surface area contributed by atoms with Crippen LogP contribution in [0.2, 0.25) is 0 Å². The Morgan fingerprint density at radius 2 is 1.68 bits per heavy atom. The second kappa shape index (κ2) is 13.9. The van der Waals surface area contributed by atoms with Crippen LogP contribution in [0.15, 0.2) is 48.5 Å². The lowest BCUT2D eigenvalue weighted by atomic mass is 9.99. The second-order valence-corrected chi connectivity index (χ2v) is 11.5. The highest BCUT2D eigenvalue weighted by atomic mass is 16.7. The number of rotatable bonds is 10. The second-order valence-electron chi connectivity index (χ2n) is 11.5. The molecule has 3 heterocycles. The van der Waals surface area contributed by atoms with Crippen molar-refractivity contribution < 1.29 is 28.9 Å². The Balaban J connectivity index is 1.28. The van der Waals surface area contributed by atoms with Crippen LogP contribution in [0.3, 0.4) is 0 Å². The van der Waals surface area contributed by atoms with E-state index in [0.29, 0.717) is 11.7 Å². The normalized spacial score (nSPS) is 26.1. The van der Waals surface area contributed by atoms with E-state index in [4.69, 9.17) is 14.2 Å². The molecule has 3 aliphatic heterocycles. The summed E-state index contributed by atoms with van der Waals surface area (Å²) < 4.78 is 18.1. The quantitative estimate of drug-likeness (QED) is 0.414. The molecule has 3 aliphatic rings. The van der Waals surface area contributed by atoms with Crippen molar-refractivity contribution in [1.29, 1.82) is 0 Å². The van der Waals surface area contributed by atoms with Crippen molar-refractivity contribution in [1.82, 2.24) is 9.80 Å². The van der Waals surface area contributed by atoms with Gasteiger partial charge in [0, 0.05) is 43.7 Å². The number of nitrogens with zero attached hydrogens (tertiary/aromatic N) is 2.